The molecule has 0 radical (unpaired) electrons. The van der Waals surface area contributed by atoms with Crippen LogP contribution in [-0.2, 0) is 14.6 Å². The molecule has 0 bridgehead atoms. The van der Waals surface area contributed by atoms with Crippen molar-refractivity contribution < 1.29 is 17.8 Å². The van der Waals surface area contributed by atoms with Gasteiger partial charge in [0.05, 0.1) is 4.90 Å². The largest absolute Gasteiger partial charge is 0.333 e. The van der Waals surface area contributed by atoms with Crippen molar-refractivity contribution in [2.45, 2.75) is 11.8 Å². The van der Waals surface area contributed by atoms with Crippen molar-refractivity contribution in [1.82, 2.24) is 4.72 Å². The fraction of sp³-hybridized carbons (Fsp3) is 0.0385. The predicted molar refractivity (Wildman–Crippen MR) is 136 cm³/mol. The number of amides is 2. The lowest BCUT2D eigenvalue weighted by atomic mass is 10.2. The first-order valence-electron chi connectivity index (χ1n) is 10.5. The van der Waals surface area contributed by atoms with E-state index in [9.17, 15) is 17.8 Å². The highest BCUT2D eigenvalue weighted by Crippen LogP contribution is 2.42. The van der Waals surface area contributed by atoms with Crippen LogP contribution in [0.5, 0.6) is 0 Å². The molecule has 0 saturated carbocycles. The molecule has 0 unspecified atom stereocenters. The second-order valence-corrected chi connectivity index (χ2v) is 12.2. The summed E-state index contributed by atoms with van der Waals surface area (Å²) < 4.78 is 41.5. The summed E-state index contributed by atoms with van der Waals surface area (Å²) >= 11 is 0. The Kier molecular flexibility index (Phi) is 6.68. The molecule has 0 aliphatic rings. The van der Waals surface area contributed by atoms with E-state index in [0.29, 0.717) is 21.6 Å². The molecule has 0 spiro atoms. The molecule has 2 amide bonds. The fourth-order valence-electron chi connectivity index (χ4n) is 3.56. The van der Waals surface area contributed by atoms with Gasteiger partial charge >= 0.3 is 6.03 Å². The normalized spacial score (nSPS) is 11.6. The summed E-state index contributed by atoms with van der Waals surface area (Å²) in [5, 5.41) is 4.38. The van der Waals surface area contributed by atoms with Crippen LogP contribution in [0, 0.1) is 6.92 Å². The second-order valence-electron chi connectivity index (χ2n) is 7.70. The first-order chi connectivity index (χ1) is 16.3. The van der Waals surface area contributed by atoms with Gasteiger partial charge in [0, 0.05) is 21.6 Å². The lowest BCUT2D eigenvalue weighted by Crippen LogP contribution is -2.34. The highest BCUT2D eigenvalue weighted by molar-refractivity contribution is 7.90. The average molecular weight is 491 g/mol. The Labute approximate surface area is 199 Å². The number of rotatable bonds is 6. The zero-order valence-corrected chi connectivity index (χ0v) is 20.1. The van der Waals surface area contributed by atoms with Crippen molar-refractivity contribution in [2.24, 2.45) is 0 Å². The first kappa shape index (κ1) is 23.5. The quantitative estimate of drug-likeness (QED) is 0.398. The third-order valence-electron chi connectivity index (χ3n) is 5.27. The number of carbonyl (C=O) groups excluding carboxylic acids is 1. The van der Waals surface area contributed by atoms with E-state index in [2.05, 4.69) is 5.32 Å². The monoisotopic (exact) mass is 490 g/mol. The summed E-state index contributed by atoms with van der Waals surface area (Å²) in [5.41, 5.74) is 1.22. The van der Waals surface area contributed by atoms with E-state index in [0.717, 1.165) is 5.56 Å². The molecule has 34 heavy (non-hydrogen) atoms. The summed E-state index contributed by atoms with van der Waals surface area (Å²) in [4.78, 5) is 12.5. The van der Waals surface area contributed by atoms with Crippen LogP contribution in [0.4, 0.5) is 10.5 Å². The molecule has 2 N–H and O–H groups in total. The van der Waals surface area contributed by atoms with E-state index in [4.69, 9.17) is 0 Å². The van der Waals surface area contributed by atoms with Crippen LogP contribution >= 0.6 is 7.14 Å². The van der Waals surface area contributed by atoms with Crippen molar-refractivity contribution in [3.05, 3.63) is 115 Å². The minimum absolute atomic E-state index is 0.0142. The van der Waals surface area contributed by atoms with Gasteiger partial charge in [-0.05, 0) is 31.2 Å². The first-order valence-corrected chi connectivity index (χ1v) is 13.7. The van der Waals surface area contributed by atoms with Crippen LogP contribution in [-0.4, -0.2) is 14.4 Å². The zero-order chi connectivity index (χ0) is 24.2. The number of urea groups is 1. The fourth-order valence-corrected chi connectivity index (χ4v) is 7.16. The number of sulfonamides is 1. The van der Waals surface area contributed by atoms with Crippen molar-refractivity contribution >= 4 is 44.8 Å². The number of carbonyl (C=O) groups is 1. The van der Waals surface area contributed by atoms with Crippen LogP contribution in [0.2, 0.25) is 0 Å². The van der Waals surface area contributed by atoms with Gasteiger partial charge in [0.25, 0.3) is 10.0 Å². The van der Waals surface area contributed by atoms with Gasteiger partial charge in [-0.25, -0.2) is 17.9 Å². The number of benzene rings is 4. The van der Waals surface area contributed by atoms with Crippen LogP contribution in [0.15, 0.2) is 114 Å². The van der Waals surface area contributed by atoms with E-state index in [1.54, 1.807) is 36.4 Å². The molecule has 4 rings (SSSR count). The molecule has 172 valence electrons. The molecule has 4 aromatic carbocycles. The SMILES string of the molecule is Cc1ccc(S(=O)(=O)NC(=O)Nc2cccc(P(=O)(c3ccccc3)c3ccccc3)c2)cc1. The number of hydrogen-bond donors (Lipinski definition) is 2. The van der Waals surface area contributed by atoms with Crippen molar-refractivity contribution in [2.75, 3.05) is 5.32 Å². The number of nitrogens with one attached hydrogen (secondary N) is 2. The summed E-state index contributed by atoms with van der Waals surface area (Å²) in [5.74, 6) is 0. The highest BCUT2D eigenvalue weighted by Gasteiger charge is 2.29. The molecule has 0 aromatic heterocycles. The summed E-state index contributed by atoms with van der Waals surface area (Å²) in [6.45, 7) is 1.84. The maximum Gasteiger partial charge on any atom is 0.333 e. The zero-order valence-electron chi connectivity index (χ0n) is 18.4. The molecule has 0 fully saturated rings. The summed E-state index contributed by atoms with van der Waals surface area (Å²) in [7, 11) is -7.27. The van der Waals surface area contributed by atoms with E-state index in [1.165, 1.54) is 12.1 Å². The molecular formula is C26H23N2O4PS. The number of aryl methyl sites for hydroxylation is 1. The minimum Gasteiger partial charge on any atom is -0.309 e. The van der Waals surface area contributed by atoms with E-state index >= 15 is 0 Å². The van der Waals surface area contributed by atoms with Gasteiger partial charge in [0.2, 0.25) is 0 Å². The van der Waals surface area contributed by atoms with Gasteiger partial charge in [-0.3, -0.25) is 0 Å². The van der Waals surface area contributed by atoms with Gasteiger partial charge in [0.1, 0.15) is 0 Å². The van der Waals surface area contributed by atoms with Crippen molar-refractivity contribution in [1.29, 1.82) is 0 Å². The van der Waals surface area contributed by atoms with Gasteiger partial charge in [-0.1, -0.05) is 90.5 Å². The van der Waals surface area contributed by atoms with Gasteiger partial charge in [-0.2, -0.15) is 0 Å². The Bertz CT molecular complexity index is 1410. The second kappa shape index (κ2) is 9.67. The van der Waals surface area contributed by atoms with Crippen LogP contribution in [0.3, 0.4) is 0 Å². The maximum atomic E-state index is 14.5. The van der Waals surface area contributed by atoms with E-state index in [1.807, 2.05) is 72.3 Å². The van der Waals surface area contributed by atoms with Crippen LogP contribution in [0.1, 0.15) is 5.56 Å². The molecule has 0 aliphatic carbocycles. The predicted octanol–water partition coefficient (Wildman–Crippen LogP) is 4.14. The molecule has 0 saturated heterocycles. The standard InChI is InChI=1S/C26H23N2O4PS/c1-20-15-17-25(18-16-20)34(31,32)28-26(29)27-21-9-8-14-24(19-21)33(30,22-10-4-2-5-11-22)23-12-6-3-7-13-23/h2-19H,1H3,(H2,27,28,29). The number of anilines is 1. The van der Waals surface area contributed by atoms with Gasteiger partial charge in [-0.15, -0.1) is 0 Å². The summed E-state index contributed by atoms with van der Waals surface area (Å²) in [6, 6.07) is 30.2. The van der Waals surface area contributed by atoms with Crippen LogP contribution < -0.4 is 26.0 Å². The third kappa shape index (κ3) is 4.96. The number of hydrogen-bond acceptors (Lipinski definition) is 4. The Balaban J connectivity index is 1.63. The van der Waals surface area contributed by atoms with Crippen molar-refractivity contribution in [3.8, 4) is 0 Å². The van der Waals surface area contributed by atoms with E-state index in [-0.39, 0.29) is 4.90 Å². The Morgan fingerprint density at radius 1 is 0.706 bits per heavy atom. The van der Waals surface area contributed by atoms with Crippen LogP contribution in [0.25, 0.3) is 0 Å². The molecule has 6 nitrogen and oxygen atoms in total. The molecular weight excluding hydrogens is 467 g/mol. The molecule has 4 aromatic rings. The summed E-state index contributed by atoms with van der Waals surface area (Å²) in [6.07, 6.45) is 0. The lowest BCUT2D eigenvalue weighted by Gasteiger charge is -2.20. The average Bonchev–Trinajstić information content (AvgIpc) is 2.84. The van der Waals surface area contributed by atoms with Crippen molar-refractivity contribution in [3.63, 3.8) is 0 Å². The molecule has 0 atom stereocenters. The molecule has 0 aliphatic heterocycles. The highest BCUT2D eigenvalue weighted by atomic mass is 32.2. The minimum atomic E-state index is -4.04. The maximum absolute atomic E-state index is 14.5. The van der Waals surface area contributed by atoms with Gasteiger partial charge in [0.15, 0.2) is 7.14 Å². The van der Waals surface area contributed by atoms with Gasteiger partial charge < -0.3 is 9.88 Å². The smallest absolute Gasteiger partial charge is 0.309 e. The lowest BCUT2D eigenvalue weighted by molar-refractivity contribution is 0.256. The van der Waals surface area contributed by atoms with E-state index < -0.39 is 23.2 Å². The molecule has 0 heterocycles. The topological polar surface area (TPSA) is 92.3 Å². The molecule has 8 heteroatoms. The third-order valence-corrected chi connectivity index (χ3v) is 9.67. The Morgan fingerprint density at radius 3 is 1.79 bits per heavy atom. The Morgan fingerprint density at radius 2 is 1.24 bits per heavy atom. The Hall–Kier alpha value is -3.67.